The molecule has 32 heavy (non-hydrogen) atoms. The van der Waals surface area contributed by atoms with Crippen LogP contribution in [0.15, 0.2) is 82.7 Å². The third-order valence-corrected chi connectivity index (χ3v) is 5.98. The van der Waals surface area contributed by atoms with E-state index in [0.717, 1.165) is 11.1 Å². The summed E-state index contributed by atoms with van der Waals surface area (Å²) in [4.78, 5) is 29.0. The second-order valence-corrected chi connectivity index (χ2v) is 8.42. The first-order valence-corrected chi connectivity index (χ1v) is 11.2. The van der Waals surface area contributed by atoms with Gasteiger partial charge in [-0.15, -0.1) is 0 Å². The van der Waals surface area contributed by atoms with Crippen molar-refractivity contribution in [2.45, 2.75) is 24.4 Å². The van der Waals surface area contributed by atoms with Crippen molar-refractivity contribution in [2.75, 3.05) is 6.61 Å². The molecule has 0 atom stereocenters. The largest absolute Gasteiger partial charge is 0.484 e. The van der Waals surface area contributed by atoms with Crippen molar-refractivity contribution in [3.63, 3.8) is 0 Å². The Morgan fingerprint density at radius 2 is 1.81 bits per heavy atom. The van der Waals surface area contributed by atoms with Crippen LogP contribution in [-0.4, -0.2) is 22.1 Å². The van der Waals surface area contributed by atoms with Gasteiger partial charge in [0.2, 0.25) is 0 Å². The molecule has 0 saturated carbocycles. The number of amides is 1. The Bertz CT molecular complexity index is 1320. The van der Waals surface area contributed by atoms with Crippen LogP contribution < -0.4 is 16.0 Å². The van der Waals surface area contributed by atoms with Crippen LogP contribution >= 0.6 is 11.8 Å². The van der Waals surface area contributed by atoms with Gasteiger partial charge in [0.25, 0.3) is 11.5 Å². The molecule has 0 aliphatic carbocycles. The maximum atomic E-state index is 13.3. The molecule has 0 spiro atoms. The van der Waals surface area contributed by atoms with Crippen molar-refractivity contribution in [2.24, 2.45) is 5.73 Å². The number of aryl methyl sites for hydroxylation is 1. The summed E-state index contributed by atoms with van der Waals surface area (Å²) in [6.07, 6.45) is 0. The quantitative estimate of drug-likeness (QED) is 0.328. The van der Waals surface area contributed by atoms with Crippen LogP contribution in [0.1, 0.15) is 16.7 Å². The van der Waals surface area contributed by atoms with Crippen molar-refractivity contribution in [3.05, 3.63) is 99.8 Å². The summed E-state index contributed by atoms with van der Waals surface area (Å²) < 4.78 is 7.12. The summed E-state index contributed by atoms with van der Waals surface area (Å²) >= 11 is 1.49. The lowest BCUT2D eigenvalue weighted by Crippen LogP contribution is -2.24. The van der Waals surface area contributed by atoms with Gasteiger partial charge in [-0.3, -0.25) is 14.2 Å². The molecule has 0 aliphatic rings. The molecule has 0 aliphatic heterocycles. The number of nitrogens with two attached hydrogens (primary N) is 1. The number of carbonyl (C=O) groups excluding carboxylic acids is 1. The predicted molar refractivity (Wildman–Crippen MR) is 127 cm³/mol. The SMILES string of the molecule is Cc1ccc(Cn2c(SCc3cccc(OCC(N)=O)c3)nc3ccccc3c2=O)cc1. The highest BCUT2D eigenvalue weighted by atomic mass is 32.2. The molecular formula is C25H23N3O3S. The Labute approximate surface area is 190 Å². The van der Waals surface area contributed by atoms with Gasteiger partial charge in [0.1, 0.15) is 5.75 Å². The molecule has 1 amide bonds. The Balaban J connectivity index is 1.64. The maximum absolute atomic E-state index is 13.3. The van der Waals surface area contributed by atoms with Crippen LogP contribution in [0.3, 0.4) is 0 Å². The van der Waals surface area contributed by atoms with Gasteiger partial charge < -0.3 is 10.5 Å². The smallest absolute Gasteiger partial charge is 0.262 e. The van der Waals surface area contributed by atoms with Crippen molar-refractivity contribution in [3.8, 4) is 5.75 Å². The molecule has 0 unspecified atom stereocenters. The molecule has 0 radical (unpaired) electrons. The number of hydrogen-bond donors (Lipinski definition) is 1. The second-order valence-electron chi connectivity index (χ2n) is 7.48. The minimum atomic E-state index is -0.523. The van der Waals surface area contributed by atoms with Gasteiger partial charge >= 0.3 is 0 Å². The van der Waals surface area contributed by atoms with E-state index in [4.69, 9.17) is 15.5 Å². The number of primary amides is 1. The summed E-state index contributed by atoms with van der Waals surface area (Å²) in [5.74, 6) is 0.641. The standard InChI is InChI=1S/C25H23N3O3S/c1-17-9-11-18(12-10-17)14-28-24(30)21-7-2-3-8-22(21)27-25(28)32-16-19-5-4-6-20(13-19)31-15-23(26)29/h2-13H,14-16H2,1H3,(H2,26,29). The Morgan fingerprint density at radius 1 is 1.03 bits per heavy atom. The number of hydrogen-bond acceptors (Lipinski definition) is 5. The monoisotopic (exact) mass is 445 g/mol. The van der Waals surface area contributed by atoms with Crippen LogP contribution in [-0.2, 0) is 17.1 Å². The van der Waals surface area contributed by atoms with E-state index >= 15 is 0 Å². The molecule has 162 valence electrons. The van der Waals surface area contributed by atoms with Gasteiger partial charge in [-0.1, -0.05) is 65.9 Å². The van der Waals surface area contributed by atoms with Gasteiger partial charge in [-0.25, -0.2) is 4.98 Å². The average Bonchev–Trinajstić information content (AvgIpc) is 2.80. The molecule has 1 heterocycles. The minimum absolute atomic E-state index is 0.0581. The van der Waals surface area contributed by atoms with Crippen LogP contribution in [0.2, 0.25) is 0 Å². The minimum Gasteiger partial charge on any atom is -0.484 e. The van der Waals surface area contributed by atoms with Gasteiger partial charge in [0.15, 0.2) is 11.8 Å². The number of aromatic nitrogens is 2. The number of thioether (sulfide) groups is 1. The van der Waals surface area contributed by atoms with Crippen LogP contribution in [0.25, 0.3) is 10.9 Å². The molecule has 1 aromatic heterocycles. The maximum Gasteiger partial charge on any atom is 0.262 e. The summed E-state index contributed by atoms with van der Waals surface area (Å²) in [5.41, 5.74) is 8.97. The fraction of sp³-hybridized carbons (Fsp3) is 0.160. The van der Waals surface area contributed by atoms with Crippen LogP contribution in [0.5, 0.6) is 5.75 Å². The molecule has 0 fully saturated rings. The fourth-order valence-electron chi connectivity index (χ4n) is 3.30. The average molecular weight is 446 g/mol. The molecule has 4 rings (SSSR count). The first-order chi connectivity index (χ1) is 15.5. The van der Waals surface area contributed by atoms with Gasteiger partial charge in [0, 0.05) is 5.75 Å². The van der Waals surface area contributed by atoms with E-state index in [2.05, 4.69) is 0 Å². The lowest BCUT2D eigenvalue weighted by Gasteiger charge is -2.14. The summed E-state index contributed by atoms with van der Waals surface area (Å²) in [6.45, 7) is 2.32. The zero-order chi connectivity index (χ0) is 22.5. The second kappa shape index (κ2) is 9.70. The third-order valence-electron chi connectivity index (χ3n) is 4.94. The van der Waals surface area contributed by atoms with E-state index in [1.54, 1.807) is 10.6 Å². The lowest BCUT2D eigenvalue weighted by molar-refractivity contribution is -0.119. The first-order valence-electron chi connectivity index (χ1n) is 10.2. The van der Waals surface area contributed by atoms with Crippen molar-refractivity contribution in [1.29, 1.82) is 0 Å². The summed E-state index contributed by atoms with van der Waals surface area (Å²) in [5, 5.41) is 1.25. The summed E-state index contributed by atoms with van der Waals surface area (Å²) in [6, 6.07) is 23.0. The highest BCUT2D eigenvalue weighted by molar-refractivity contribution is 7.98. The Morgan fingerprint density at radius 3 is 2.59 bits per heavy atom. The lowest BCUT2D eigenvalue weighted by atomic mass is 10.1. The normalized spacial score (nSPS) is 10.9. The molecule has 2 N–H and O–H groups in total. The third kappa shape index (κ3) is 5.18. The molecule has 6 nitrogen and oxygen atoms in total. The first kappa shape index (κ1) is 21.6. The summed E-state index contributed by atoms with van der Waals surface area (Å²) in [7, 11) is 0. The highest BCUT2D eigenvalue weighted by Gasteiger charge is 2.13. The Kier molecular flexibility index (Phi) is 6.56. The van der Waals surface area contributed by atoms with E-state index in [1.807, 2.05) is 73.7 Å². The molecule has 0 saturated heterocycles. The van der Waals surface area contributed by atoms with Crippen molar-refractivity contribution < 1.29 is 9.53 Å². The number of nitrogens with zero attached hydrogens (tertiary/aromatic N) is 2. The number of carbonyl (C=O) groups is 1. The molecule has 3 aromatic carbocycles. The van der Waals surface area contributed by atoms with Gasteiger partial charge in [0.05, 0.1) is 17.4 Å². The number of rotatable bonds is 8. The van der Waals surface area contributed by atoms with Gasteiger partial charge in [-0.2, -0.15) is 0 Å². The highest BCUT2D eigenvalue weighted by Crippen LogP contribution is 2.25. The van der Waals surface area contributed by atoms with E-state index in [1.165, 1.54) is 17.3 Å². The molecular weight excluding hydrogens is 422 g/mol. The zero-order valence-electron chi connectivity index (χ0n) is 17.7. The molecule has 0 bridgehead atoms. The number of benzene rings is 3. The van der Waals surface area contributed by atoms with E-state index < -0.39 is 5.91 Å². The van der Waals surface area contributed by atoms with E-state index in [9.17, 15) is 9.59 Å². The number of fused-ring (bicyclic) bond motifs is 1. The molecule has 7 heteroatoms. The van der Waals surface area contributed by atoms with Gasteiger partial charge in [-0.05, 0) is 42.3 Å². The van der Waals surface area contributed by atoms with E-state index in [-0.39, 0.29) is 12.2 Å². The van der Waals surface area contributed by atoms with Crippen LogP contribution in [0.4, 0.5) is 0 Å². The zero-order valence-corrected chi connectivity index (χ0v) is 18.5. The van der Waals surface area contributed by atoms with Crippen molar-refractivity contribution in [1.82, 2.24) is 9.55 Å². The predicted octanol–water partition coefficient (Wildman–Crippen LogP) is 3.91. The van der Waals surface area contributed by atoms with Crippen LogP contribution in [0, 0.1) is 6.92 Å². The van der Waals surface area contributed by atoms with Crippen molar-refractivity contribution >= 4 is 28.6 Å². The fourth-order valence-corrected chi connectivity index (χ4v) is 4.24. The number of ether oxygens (including phenoxy) is 1. The molecule has 4 aromatic rings. The number of para-hydroxylation sites is 1. The van der Waals surface area contributed by atoms with E-state index in [0.29, 0.717) is 34.1 Å². The topological polar surface area (TPSA) is 87.2 Å². The Hall–Kier alpha value is -3.58.